The van der Waals surface area contributed by atoms with Gasteiger partial charge in [-0.25, -0.2) is 9.78 Å². The van der Waals surface area contributed by atoms with Crippen molar-refractivity contribution in [2.75, 3.05) is 23.3 Å². The first kappa shape index (κ1) is 22.6. The molecule has 0 aliphatic carbocycles. The summed E-state index contributed by atoms with van der Waals surface area (Å²) in [5.41, 5.74) is 1.31. The van der Waals surface area contributed by atoms with Gasteiger partial charge in [0.2, 0.25) is 5.95 Å². The van der Waals surface area contributed by atoms with Crippen LogP contribution in [0.2, 0.25) is 5.02 Å². The Morgan fingerprint density at radius 1 is 1.25 bits per heavy atom. The Labute approximate surface area is 191 Å². The topological polar surface area (TPSA) is 108 Å². The van der Waals surface area contributed by atoms with Gasteiger partial charge in [-0.3, -0.25) is 9.13 Å². The van der Waals surface area contributed by atoms with Gasteiger partial charge in [0.05, 0.1) is 28.9 Å². The maximum Gasteiger partial charge on any atom is 0.328 e. The predicted octanol–water partition coefficient (Wildman–Crippen LogP) is 2.65. The van der Waals surface area contributed by atoms with Crippen molar-refractivity contribution in [2.24, 2.45) is 7.05 Å². The Kier molecular flexibility index (Phi) is 6.15. The third-order valence-electron chi connectivity index (χ3n) is 5.83. The first-order valence-corrected chi connectivity index (χ1v) is 11.1. The molecule has 2 aromatic heterocycles. The number of benzene rings is 1. The van der Waals surface area contributed by atoms with Crippen LogP contribution in [-0.4, -0.2) is 54.1 Å². The summed E-state index contributed by atoms with van der Waals surface area (Å²) in [5, 5.41) is 23.5. The molecule has 9 nitrogen and oxygen atoms in total. The van der Waals surface area contributed by atoms with Crippen molar-refractivity contribution in [2.45, 2.75) is 51.4 Å². The quantitative estimate of drug-likeness (QED) is 0.518. The molecule has 1 aromatic carbocycles. The molecule has 172 valence electrons. The Hall–Kier alpha value is -2.62. The first-order valence-electron chi connectivity index (χ1n) is 10.8. The highest BCUT2D eigenvalue weighted by molar-refractivity contribution is 6.32. The minimum Gasteiger partial charge on any atom is -0.393 e. The highest BCUT2D eigenvalue weighted by Gasteiger charge is 2.21. The van der Waals surface area contributed by atoms with Crippen LogP contribution in [0.25, 0.3) is 11.0 Å². The van der Waals surface area contributed by atoms with Gasteiger partial charge in [-0.05, 0) is 51.3 Å². The van der Waals surface area contributed by atoms with E-state index in [1.807, 2.05) is 23.1 Å². The lowest BCUT2D eigenvalue weighted by molar-refractivity contribution is 0.0662. The molecule has 3 heterocycles. The Bertz CT molecular complexity index is 1170. The standard InChI is InChI=1S/C22H29ClN6O3/c1-22(2,32)8-11-29-18-12-14(4-5-17(18)27(3)21(29)31)25-19-16(23)13-24-20(26-19)28-9-6-15(30)7-10-28/h4-5,12-13,15,30,32H,6-11H2,1-3H3,(H,24,25,26). The van der Waals surface area contributed by atoms with Gasteiger partial charge in [0.15, 0.2) is 5.82 Å². The Morgan fingerprint density at radius 2 is 1.97 bits per heavy atom. The summed E-state index contributed by atoms with van der Waals surface area (Å²) < 4.78 is 3.27. The summed E-state index contributed by atoms with van der Waals surface area (Å²) in [6.07, 6.45) is 3.11. The monoisotopic (exact) mass is 460 g/mol. The minimum atomic E-state index is -0.868. The number of hydrogen-bond donors (Lipinski definition) is 3. The summed E-state index contributed by atoms with van der Waals surface area (Å²) in [7, 11) is 1.74. The molecule has 0 radical (unpaired) electrons. The second-order valence-corrected chi connectivity index (χ2v) is 9.38. The lowest BCUT2D eigenvalue weighted by Gasteiger charge is -2.29. The van der Waals surface area contributed by atoms with E-state index in [1.165, 1.54) is 0 Å². The van der Waals surface area contributed by atoms with Gasteiger partial charge in [0.25, 0.3) is 0 Å². The summed E-state index contributed by atoms with van der Waals surface area (Å²) in [4.78, 5) is 23.7. The number of aliphatic hydroxyl groups excluding tert-OH is 1. The Morgan fingerprint density at radius 3 is 2.66 bits per heavy atom. The third-order valence-corrected chi connectivity index (χ3v) is 6.11. The summed E-state index contributed by atoms with van der Waals surface area (Å²) >= 11 is 6.35. The highest BCUT2D eigenvalue weighted by atomic mass is 35.5. The van der Waals surface area contributed by atoms with Crippen LogP contribution in [0.5, 0.6) is 0 Å². The van der Waals surface area contributed by atoms with E-state index >= 15 is 0 Å². The molecule has 3 aromatic rings. The number of nitrogens with one attached hydrogen (secondary N) is 1. The van der Waals surface area contributed by atoms with Crippen LogP contribution < -0.4 is 15.9 Å². The van der Waals surface area contributed by atoms with E-state index in [0.717, 1.165) is 16.7 Å². The van der Waals surface area contributed by atoms with Crippen molar-refractivity contribution in [3.8, 4) is 0 Å². The average Bonchev–Trinajstić information content (AvgIpc) is 2.98. The van der Waals surface area contributed by atoms with Crippen molar-refractivity contribution in [1.82, 2.24) is 19.1 Å². The molecule has 0 amide bonds. The van der Waals surface area contributed by atoms with Crippen LogP contribution in [0.3, 0.4) is 0 Å². The number of fused-ring (bicyclic) bond motifs is 1. The van der Waals surface area contributed by atoms with Crippen LogP contribution in [-0.2, 0) is 13.6 Å². The van der Waals surface area contributed by atoms with E-state index in [1.54, 1.807) is 36.2 Å². The van der Waals surface area contributed by atoms with E-state index < -0.39 is 5.60 Å². The van der Waals surface area contributed by atoms with Crippen LogP contribution in [0.1, 0.15) is 33.1 Å². The Balaban J connectivity index is 1.63. The van der Waals surface area contributed by atoms with E-state index in [-0.39, 0.29) is 11.8 Å². The SMILES string of the molecule is Cn1c(=O)n(CCC(C)(C)O)c2cc(Nc3nc(N4CCC(O)CC4)ncc3Cl)ccc21. The zero-order chi connectivity index (χ0) is 23.0. The van der Waals surface area contributed by atoms with Gasteiger partial charge in [-0.1, -0.05) is 11.6 Å². The van der Waals surface area contributed by atoms with Crippen LogP contribution in [0, 0.1) is 0 Å². The number of aromatic nitrogens is 4. The molecule has 1 aliphatic rings. The molecule has 10 heteroatoms. The molecule has 4 rings (SSSR count). The minimum absolute atomic E-state index is 0.129. The van der Waals surface area contributed by atoms with E-state index in [4.69, 9.17) is 11.6 Å². The maximum atomic E-state index is 12.7. The molecular formula is C22H29ClN6O3. The van der Waals surface area contributed by atoms with Crippen LogP contribution in [0.15, 0.2) is 29.2 Å². The number of imidazole rings is 1. The number of piperidine rings is 1. The molecule has 1 fully saturated rings. The molecule has 1 saturated heterocycles. The van der Waals surface area contributed by atoms with Crippen LogP contribution >= 0.6 is 11.6 Å². The second-order valence-electron chi connectivity index (χ2n) is 8.97. The number of nitrogens with zero attached hydrogens (tertiary/aromatic N) is 5. The smallest absolute Gasteiger partial charge is 0.328 e. The van der Waals surface area contributed by atoms with E-state index in [0.29, 0.717) is 55.7 Å². The number of halogens is 1. The van der Waals surface area contributed by atoms with Crippen molar-refractivity contribution in [3.63, 3.8) is 0 Å². The summed E-state index contributed by atoms with van der Waals surface area (Å²) in [6, 6.07) is 5.63. The number of aliphatic hydroxyl groups is 2. The number of aryl methyl sites for hydroxylation is 2. The zero-order valence-corrected chi connectivity index (χ0v) is 19.3. The fourth-order valence-electron chi connectivity index (χ4n) is 3.89. The molecule has 1 aliphatic heterocycles. The number of hydrogen-bond acceptors (Lipinski definition) is 7. The lowest BCUT2D eigenvalue weighted by atomic mass is 10.1. The largest absolute Gasteiger partial charge is 0.393 e. The number of anilines is 3. The van der Waals surface area contributed by atoms with Gasteiger partial charge < -0.3 is 20.4 Å². The molecule has 32 heavy (non-hydrogen) atoms. The summed E-state index contributed by atoms with van der Waals surface area (Å²) in [5.74, 6) is 1.04. The normalized spacial score (nSPS) is 15.5. The highest BCUT2D eigenvalue weighted by Crippen LogP contribution is 2.28. The molecule has 0 atom stereocenters. The maximum absolute atomic E-state index is 12.7. The van der Waals surface area contributed by atoms with Gasteiger partial charge in [0.1, 0.15) is 5.02 Å². The van der Waals surface area contributed by atoms with Gasteiger partial charge in [-0.15, -0.1) is 0 Å². The molecule has 3 N–H and O–H groups in total. The van der Waals surface area contributed by atoms with Crippen molar-refractivity contribution < 1.29 is 10.2 Å². The van der Waals surface area contributed by atoms with Gasteiger partial charge in [-0.2, -0.15) is 4.98 Å². The molecule has 0 bridgehead atoms. The molecule has 0 spiro atoms. The lowest BCUT2D eigenvalue weighted by Crippen LogP contribution is -2.36. The van der Waals surface area contributed by atoms with Crippen LogP contribution in [0.4, 0.5) is 17.5 Å². The fourth-order valence-corrected chi connectivity index (χ4v) is 4.03. The molecule has 0 unspecified atom stereocenters. The molecule has 0 saturated carbocycles. The van der Waals surface area contributed by atoms with Gasteiger partial charge >= 0.3 is 5.69 Å². The zero-order valence-electron chi connectivity index (χ0n) is 18.5. The fraction of sp³-hybridized carbons (Fsp3) is 0.500. The van der Waals surface area contributed by atoms with Crippen molar-refractivity contribution in [3.05, 3.63) is 39.9 Å². The predicted molar refractivity (Wildman–Crippen MR) is 126 cm³/mol. The van der Waals surface area contributed by atoms with Gasteiger partial charge in [0, 0.05) is 32.4 Å². The van der Waals surface area contributed by atoms with E-state index in [9.17, 15) is 15.0 Å². The number of rotatable bonds is 6. The summed E-state index contributed by atoms with van der Waals surface area (Å²) in [6.45, 7) is 5.24. The third kappa shape index (κ3) is 4.74. The van der Waals surface area contributed by atoms with Crippen molar-refractivity contribution in [1.29, 1.82) is 0 Å². The van der Waals surface area contributed by atoms with E-state index in [2.05, 4.69) is 15.3 Å². The second kappa shape index (κ2) is 8.73. The van der Waals surface area contributed by atoms with Crippen molar-refractivity contribution >= 4 is 40.1 Å². The molecular weight excluding hydrogens is 432 g/mol. The average molecular weight is 461 g/mol. The first-order chi connectivity index (χ1) is 15.1.